The van der Waals surface area contributed by atoms with Gasteiger partial charge in [-0.05, 0) is 42.3 Å². The van der Waals surface area contributed by atoms with E-state index in [9.17, 15) is 14.7 Å². The van der Waals surface area contributed by atoms with E-state index in [4.69, 9.17) is 28.5 Å². The minimum atomic E-state index is -1.18. The zero-order chi connectivity index (χ0) is 25.2. The van der Waals surface area contributed by atoms with Crippen LogP contribution in [0, 0.1) is 11.3 Å². The third-order valence-electron chi connectivity index (χ3n) is 4.92. The fourth-order valence-electron chi connectivity index (χ4n) is 3.21. The average molecular weight is 510 g/mol. The Morgan fingerprint density at radius 2 is 1.74 bits per heavy atom. The van der Waals surface area contributed by atoms with Crippen molar-refractivity contribution in [3.63, 3.8) is 0 Å². The predicted molar refractivity (Wildman–Crippen MR) is 135 cm³/mol. The summed E-state index contributed by atoms with van der Waals surface area (Å²) in [6, 6.07) is 14.7. The van der Waals surface area contributed by atoms with Gasteiger partial charge in [0.15, 0.2) is 0 Å². The quantitative estimate of drug-likeness (QED) is 0.389. The number of anilines is 2. The maximum atomic E-state index is 12.5. The number of carbonyl (C=O) groups excluding carboxylic acids is 1. The first-order valence-electron chi connectivity index (χ1n) is 10.6. The number of hydrogen-bond donors (Lipinski definition) is 2. The summed E-state index contributed by atoms with van der Waals surface area (Å²) in [6.45, 7) is 0.436. The van der Waals surface area contributed by atoms with E-state index in [0.717, 1.165) is 11.3 Å². The zero-order valence-corrected chi connectivity index (χ0v) is 19.9. The van der Waals surface area contributed by atoms with Crippen LogP contribution in [0.1, 0.15) is 28.8 Å². The first kappa shape index (κ1) is 25.7. The number of aliphatic carboxylic acids is 1. The summed E-state index contributed by atoms with van der Waals surface area (Å²) >= 11 is 12.1. The summed E-state index contributed by atoms with van der Waals surface area (Å²) in [6.07, 6.45) is 7.05. The Morgan fingerprint density at radius 1 is 1.09 bits per heavy atom. The van der Waals surface area contributed by atoms with Crippen LogP contribution in [0.25, 0.3) is 6.08 Å². The SMILES string of the molecule is N#CCCN(c1ccc(C=CCC(NC(=O)c2c(Cl)cccc2Cl)C(=O)O)cc1)c1ncccn1. The van der Waals surface area contributed by atoms with Gasteiger partial charge in [0.1, 0.15) is 6.04 Å². The van der Waals surface area contributed by atoms with Gasteiger partial charge in [-0.3, -0.25) is 4.79 Å². The molecule has 0 saturated heterocycles. The highest BCUT2D eigenvalue weighted by Gasteiger charge is 2.22. The molecule has 0 fully saturated rings. The van der Waals surface area contributed by atoms with Gasteiger partial charge < -0.3 is 15.3 Å². The number of carboxylic acid groups (broad SMARTS) is 1. The number of nitrogens with zero attached hydrogens (tertiary/aromatic N) is 4. The van der Waals surface area contributed by atoms with Crippen LogP contribution in [0.4, 0.5) is 11.6 Å². The van der Waals surface area contributed by atoms with Crippen molar-refractivity contribution in [3.05, 3.63) is 88.2 Å². The van der Waals surface area contributed by atoms with Gasteiger partial charge in [0.25, 0.3) is 5.91 Å². The number of carboxylic acids is 1. The Balaban J connectivity index is 1.68. The molecule has 1 heterocycles. The maximum absolute atomic E-state index is 12.5. The van der Waals surface area contributed by atoms with E-state index in [-0.39, 0.29) is 22.0 Å². The Bertz CT molecular complexity index is 1220. The van der Waals surface area contributed by atoms with Gasteiger partial charge in [-0.15, -0.1) is 0 Å². The molecule has 0 saturated carbocycles. The lowest BCUT2D eigenvalue weighted by molar-refractivity contribution is -0.139. The molecule has 0 bridgehead atoms. The van der Waals surface area contributed by atoms with Gasteiger partial charge in [0.05, 0.1) is 28.1 Å². The Hall–Kier alpha value is -3.93. The van der Waals surface area contributed by atoms with Crippen LogP contribution >= 0.6 is 23.2 Å². The van der Waals surface area contributed by atoms with E-state index in [0.29, 0.717) is 18.9 Å². The topological polar surface area (TPSA) is 119 Å². The Labute approximate surface area is 212 Å². The number of nitrogens with one attached hydrogen (secondary N) is 1. The van der Waals surface area contributed by atoms with Crippen LogP contribution in [0.5, 0.6) is 0 Å². The summed E-state index contributed by atoms with van der Waals surface area (Å²) in [7, 11) is 0. The van der Waals surface area contributed by atoms with Gasteiger partial charge in [-0.25, -0.2) is 14.8 Å². The summed E-state index contributed by atoms with van der Waals surface area (Å²) in [5.41, 5.74) is 1.67. The molecule has 10 heteroatoms. The summed E-state index contributed by atoms with van der Waals surface area (Å²) in [5, 5.41) is 21.2. The Morgan fingerprint density at radius 3 is 2.34 bits per heavy atom. The van der Waals surface area contributed by atoms with Crippen LogP contribution < -0.4 is 10.2 Å². The molecule has 1 unspecified atom stereocenters. The van der Waals surface area contributed by atoms with Crippen molar-refractivity contribution in [3.8, 4) is 6.07 Å². The molecule has 2 aromatic carbocycles. The summed E-state index contributed by atoms with van der Waals surface area (Å²) in [5.74, 6) is -1.35. The van der Waals surface area contributed by atoms with Gasteiger partial charge in [0.2, 0.25) is 5.95 Å². The van der Waals surface area contributed by atoms with Gasteiger partial charge in [-0.1, -0.05) is 53.6 Å². The first-order chi connectivity index (χ1) is 16.9. The number of rotatable bonds is 10. The number of benzene rings is 2. The highest BCUT2D eigenvalue weighted by atomic mass is 35.5. The third-order valence-corrected chi connectivity index (χ3v) is 5.55. The second-order valence-corrected chi connectivity index (χ2v) is 8.11. The molecule has 0 aliphatic rings. The van der Waals surface area contributed by atoms with E-state index < -0.39 is 17.9 Å². The van der Waals surface area contributed by atoms with Crippen molar-refractivity contribution >= 4 is 52.8 Å². The lowest BCUT2D eigenvalue weighted by Gasteiger charge is -2.21. The van der Waals surface area contributed by atoms with Gasteiger partial charge >= 0.3 is 5.97 Å². The van der Waals surface area contributed by atoms with Crippen LogP contribution in [-0.4, -0.2) is 39.5 Å². The number of halogens is 2. The molecule has 35 heavy (non-hydrogen) atoms. The standard InChI is InChI=1S/C25H21Cl2N5O3/c26-19-6-2-7-20(27)22(19)23(33)31-21(24(34)35)8-1-5-17-9-11-18(12-10-17)32(16-3-13-28)25-29-14-4-15-30-25/h1-2,4-7,9-12,14-15,21H,3,8,16H2,(H,31,33)(H,34,35). The lowest BCUT2D eigenvalue weighted by Crippen LogP contribution is -2.40. The Kier molecular flexibility index (Phi) is 9.18. The number of nitriles is 1. The molecule has 0 radical (unpaired) electrons. The van der Waals surface area contributed by atoms with Crippen molar-refractivity contribution in [2.45, 2.75) is 18.9 Å². The fraction of sp³-hybridized carbons (Fsp3) is 0.160. The minimum absolute atomic E-state index is 0.0324. The smallest absolute Gasteiger partial charge is 0.326 e. The van der Waals surface area contributed by atoms with E-state index in [2.05, 4.69) is 21.4 Å². The van der Waals surface area contributed by atoms with Gasteiger partial charge in [0, 0.05) is 24.6 Å². The van der Waals surface area contributed by atoms with E-state index in [1.807, 2.05) is 29.2 Å². The summed E-state index contributed by atoms with van der Waals surface area (Å²) in [4.78, 5) is 34.5. The lowest BCUT2D eigenvalue weighted by atomic mass is 10.1. The molecule has 3 aromatic rings. The van der Waals surface area contributed by atoms with Crippen molar-refractivity contribution in [2.75, 3.05) is 11.4 Å². The molecule has 0 aliphatic heterocycles. The van der Waals surface area contributed by atoms with Gasteiger partial charge in [-0.2, -0.15) is 5.26 Å². The number of hydrogen-bond acceptors (Lipinski definition) is 6. The van der Waals surface area contributed by atoms with E-state index in [1.165, 1.54) is 12.1 Å². The molecule has 1 amide bonds. The third kappa shape index (κ3) is 7.03. The molecule has 0 spiro atoms. The van der Waals surface area contributed by atoms with E-state index in [1.54, 1.807) is 36.7 Å². The largest absolute Gasteiger partial charge is 0.480 e. The monoisotopic (exact) mass is 509 g/mol. The van der Waals surface area contributed by atoms with E-state index >= 15 is 0 Å². The highest BCUT2D eigenvalue weighted by molar-refractivity contribution is 6.39. The van der Waals surface area contributed by atoms with Crippen molar-refractivity contribution in [1.82, 2.24) is 15.3 Å². The molecule has 2 N–H and O–H groups in total. The molecular formula is C25H21Cl2N5O3. The van der Waals surface area contributed by atoms with Crippen molar-refractivity contribution in [2.24, 2.45) is 0 Å². The summed E-state index contributed by atoms with van der Waals surface area (Å²) < 4.78 is 0. The van der Waals surface area contributed by atoms with Crippen LogP contribution in [0.3, 0.4) is 0 Å². The highest BCUT2D eigenvalue weighted by Crippen LogP contribution is 2.25. The number of amides is 1. The number of carbonyl (C=O) groups is 2. The predicted octanol–water partition coefficient (Wildman–Crippen LogP) is 5.12. The molecule has 1 atom stereocenters. The second-order valence-electron chi connectivity index (χ2n) is 7.30. The molecule has 3 rings (SSSR count). The van der Waals surface area contributed by atoms with Crippen LogP contribution in [-0.2, 0) is 4.79 Å². The zero-order valence-electron chi connectivity index (χ0n) is 18.4. The normalized spacial score (nSPS) is 11.6. The number of aromatic nitrogens is 2. The minimum Gasteiger partial charge on any atom is -0.480 e. The molecular weight excluding hydrogens is 489 g/mol. The van der Waals surface area contributed by atoms with Crippen LogP contribution in [0.15, 0.2) is 67.0 Å². The second kappa shape index (κ2) is 12.5. The average Bonchev–Trinajstić information content (AvgIpc) is 2.85. The molecule has 1 aromatic heterocycles. The van der Waals surface area contributed by atoms with Crippen LogP contribution in [0.2, 0.25) is 10.0 Å². The maximum Gasteiger partial charge on any atom is 0.326 e. The van der Waals surface area contributed by atoms with Crippen molar-refractivity contribution < 1.29 is 14.7 Å². The van der Waals surface area contributed by atoms with Crippen molar-refractivity contribution in [1.29, 1.82) is 5.26 Å². The fourth-order valence-corrected chi connectivity index (χ4v) is 3.78. The molecule has 0 aliphatic carbocycles. The molecule has 8 nitrogen and oxygen atoms in total. The first-order valence-corrected chi connectivity index (χ1v) is 11.3. The molecule has 178 valence electrons.